The molecule has 11 heteroatoms. The van der Waals surface area contributed by atoms with Gasteiger partial charge in [-0.05, 0) is 32.7 Å². The molecule has 0 radical (unpaired) electrons. The van der Waals surface area contributed by atoms with Gasteiger partial charge in [-0.1, -0.05) is 36.8 Å². The first-order valence-electron chi connectivity index (χ1n) is 10.1. The van der Waals surface area contributed by atoms with E-state index in [1.807, 2.05) is 6.92 Å². The van der Waals surface area contributed by atoms with E-state index in [0.29, 0.717) is 41.9 Å². The summed E-state index contributed by atoms with van der Waals surface area (Å²) in [6, 6.07) is -0.0922. The number of hydrogen-bond acceptors (Lipinski definition) is 7. The molecule has 1 saturated heterocycles. The predicted molar refractivity (Wildman–Crippen MR) is 117 cm³/mol. The maximum absolute atomic E-state index is 12.7. The molecule has 1 aliphatic heterocycles. The van der Waals surface area contributed by atoms with Crippen LogP contribution in [0.15, 0.2) is 0 Å². The number of H-pyrrole nitrogens is 1. The molecule has 164 valence electrons. The second-order valence-electron chi connectivity index (χ2n) is 7.30. The molecule has 0 bridgehead atoms. The van der Waals surface area contributed by atoms with Gasteiger partial charge in [-0.25, -0.2) is 14.8 Å². The minimum atomic E-state index is -0.956. The van der Waals surface area contributed by atoms with Gasteiger partial charge < -0.3 is 25.6 Å². The molecule has 1 amide bonds. The number of aryl methyl sites for hydroxylation is 2. The number of nitrogens with one attached hydrogen (secondary N) is 3. The summed E-state index contributed by atoms with van der Waals surface area (Å²) in [5.41, 5.74) is 1.27. The molecule has 4 N–H and O–H groups in total. The lowest BCUT2D eigenvalue weighted by atomic mass is 9.99. The number of carboxylic acids is 1. The number of rotatable bonds is 8. The zero-order chi connectivity index (χ0) is 21.8. The molecule has 1 unspecified atom stereocenters. The highest BCUT2D eigenvalue weighted by atomic mass is 35.5. The van der Waals surface area contributed by atoms with Crippen molar-refractivity contribution >= 4 is 39.9 Å². The van der Waals surface area contributed by atoms with Crippen molar-refractivity contribution in [2.45, 2.75) is 52.1 Å². The van der Waals surface area contributed by atoms with Crippen molar-refractivity contribution in [3.05, 3.63) is 27.2 Å². The maximum Gasteiger partial charge on any atom is 0.347 e. The normalized spacial score (nSPS) is 19.1. The quantitative estimate of drug-likeness (QED) is 0.483. The lowest BCUT2D eigenvalue weighted by molar-refractivity contribution is 0.0700. The zero-order valence-electron chi connectivity index (χ0n) is 17.3. The highest BCUT2D eigenvalue weighted by Crippen LogP contribution is 2.28. The Hall–Kier alpha value is -2.17. The number of nitrogens with zero attached hydrogens (tertiary/aromatic N) is 3. The highest BCUT2D eigenvalue weighted by molar-refractivity contribution is 7.17. The van der Waals surface area contributed by atoms with Crippen LogP contribution in [0.1, 0.15) is 58.4 Å². The molecule has 2 aromatic heterocycles. The SMILES string of the molecule is CCCN[C@H]1CN(c2nc(C)c(C(=O)O)s2)CCC1NC(=O)c1nc(Cl)c(CC)[nH]1. The van der Waals surface area contributed by atoms with E-state index < -0.39 is 5.97 Å². The van der Waals surface area contributed by atoms with Gasteiger partial charge in [0, 0.05) is 25.2 Å². The zero-order valence-corrected chi connectivity index (χ0v) is 18.9. The van der Waals surface area contributed by atoms with Crippen LogP contribution in [0.2, 0.25) is 5.15 Å². The Kier molecular flexibility index (Phi) is 7.32. The van der Waals surface area contributed by atoms with Gasteiger partial charge in [0.1, 0.15) is 4.88 Å². The Bertz CT molecular complexity index is 914. The van der Waals surface area contributed by atoms with Gasteiger partial charge in [0.05, 0.1) is 11.4 Å². The Labute approximate surface area is 184 Å². The number of piperidine rings is 1. The number of thiazole rings is 1. The molecule has 3 heterocycles. The van der Waals surface area contributed by atoms with Gasteiger partial charge in [0.25, 0.3) is 5.91 Å². The molecule has 2 aromatic rings. The summed E-state index contributed by atoms with van der Waals surface area (Å²) < 4.78 is 0. The number of hydrogen-bond donors (Lipinski definition) is 4. The number of imidazole rings is 1. The van der Waals surface area contributed by atoms with Crippen LogP contribution in [0.25, 0.3) is 0 Å². The van der Waals surface area contributed by atoms with Crippen molar-refractivity contribution in [2.24, 2.45) is 0 Å². The largest absolute Gasteiger partial charge is 0.477 e. The Morgan fingerprint density at radius 3 is 2.70 bits per heavy atom. The second-order valence-corrected chi connectivity index (χ2v) is 8.64. The third-order valence-corrected chi connectivity index (χ3v) is 6.65. The van der Waals surface area contributed by atoms with Gasteiger partial charge in [0.2, 0.25) is 0 Å². The minimum absolute atomic E-state index is 0.00351. The van der Waals surface area contributed by atoms with Crippen molar-refractivity contribution in [1.82, 2.24) is 25.6 Å². The van der Waals surface area contributed by atoms with Crippen molar-refractivity contribution in [2.75, 3.05) is 24.5 Å². The molecule has 30 heavy (non-hydrogen) atoms. The standard InChI is InChI=1S/C19H27ClN6O3S/c1-4-7-21-13-9-26(19-22-10(3)14(30-19)18(28)29)8-6-12(13)24-17(27)16-23-11(5-2)15(20)25-16/h12-13,21H,4-9H2,1-3H3,(H,23,25)(H,24,27)(H,28,29)/t12?,13-/m0/s1. The van der Waals surface area contributed by atoms with Crippen molar-refractivity contribution in [1.29, 1.82) is 0 Å². The first kappa shape index (κ1) is 22.5. The van der Waals surface area contributed by atoms with Crippen LogP contribution in [-0.4, -0.2) is 63.7 Å². The van der Waals surface area contributed by atoms with Gasteiger partial charge in [-0.15, -0.1) is 0 Å². The number of aromatic amines is 1. The van der Waals surface area contributed by atoms with Gasteiger partial charge in [-0.2, -0.15) is 0 Å². The fourth-order valence-electron chi connectivity index (χ4n) is 3.52. The first-order chi connectivity index (χ1) is 14.3. The fraction of sp³-hybridized carbons (Fsp3) is 0.579. The van der Waals surface area contributed by atoms with Crippen molar-refractivity contribution in [3.63, 3.8) is 0 Å². The average Bonchev–Trinajstić information content (AvgIpc) is 3.29. The number of carbonyl (C=O) groups excluding carboxylic acids is 1. The molecule has 0 spiro atoms. The molecular formula is C19H27ClN6O3S. The summed E-state index contributed by atoms with van der Waals surface area (Å²) >= 11 is 7.25. The van der Waals surface area contributed by atoms with E-state index in [1.54, 1.807) is 6.92 Å². The number of halogens is 1. The van der Waals surface area contributed by atoms with Crippen LogP contribution in [-0.2, 0) is 6.42 Å². The number of carboxylic acid groups (broad SMARTS) is 1. The van der Waals surface area contributed by atoms with Crippen LogP contribution >= 0.6 is 22.9 Å². The monoisotopic (exact) mass is 454 g/mol. The van der Waals surface area contributed by atoms with Crippen molar-refractivity contribution in [3.8, 4) is 0 Å². The minimum Gasteiger partial charge on any atom is -0.477 e. The van der Waals surface area contributed by atoms with Gasteiger partial charge in [0.15, 0.2) is 16.1 Å². The van der Waals surface area contributed by atoms with Crippen molar-refractivity contribution < 1.29 is 14.7 Å². The summed E-state index contributed by atoms with van der Waals surface area (Å²) in [6.07, 6.45) is 2.33. The number of aromatic carboxylic acids is 1. The number of aromatic nitrogens is 3. The number of carbonyl (C=O) groups is 2. The van der Waals surface area contributed by atoms with Crippen LogP contribution < -0.4 is 15.5 Å². The van der Waals surface area contributed by atoms with E-state index in [1.165, 1.54) is 11.3 Å². The summed E-state index contributed by atoms with van der Waals surface area (Å²) in [5.74, 6) is -1.02. The van der Waals surface area contributed by atoms with Crippen LogP contribution in [0.5, 0.6) is 0 Å². The maximum atomic E-state index is 12.7. The van der Waals surface area contributed by atoms with E-state index in [9.17, 15) is 14.7 Å². The molecule has 3 rings (SSSR count). The molecule has 0 aromatic carbocycles. The smallest absolute Gasteiger partial charge is 0.347 e. The fourth-order valence-corrected chi connectivity index (χ4v) is 4.72. The summed E-state index contributed by atoms with van der Waals surface area (Å²) in [4.78, 5) is 38.0. The van der Waals surface area contributed by atoms with Crippen LogP contribution in [0.3, 0.4) is 0 Å². The molecule has 9 nitrogen and oxygen atoms in total. The summed E-state index contributed by atoms with van der Waals surface area (Å²) in [5, 5.41) is 16.9. The highest BCUT2D eigenvalue weighted by Gasteiger charge is 2.32. The molecule has 1 fully saturated rings. The lowest BCUT2D eigenvalue weighted by Crippen LogP contribution is -2.59. The van der Waals surface area contributed by atoms with Crippen LogP contribution in [0, 0.1) is 6.92 Å². The van der Waals surface area contributed by atoms with E-state index in [-0.39, 0.29) is 28.7 Å². The van der Waals surface area contributed by atoms with Gasteiger partial charge >= 0.3 is 5.97 Å². The van der Waals surface area contributed by atoms with E-state index in [4.69, 9.17) is 11.6 Å². The molecule has 0 saturated carbocycles. The molecular weight excluding hydrogens is 428 g/mol. The molecule has 0 aliphatic carbocycles. The number of amides is 1. The number of anilines is 1. The Balaban J connectivity index is 1.72. The third kappa shape index (κ3) is 4.93. The van der Waals surface area contributed by atoms with Crippen LogP contribution in [0.4, 0.5) is 5.13 Å². The predicted octanol–water partition coefficient (Wildman–Crippen LogP) is 2.47. The molecule has 2 atom stereocenters. The second kappa shape index (κ2) is 9.76. The average molecular weight is 455 g/mol. The summed E-state index contributed by atoms with van der Waals surface area (Å²) in [7, 11) is 0. The van der Waals surface area contributed by atoms with E-state index >= 15 is 0 Å². The Morgan fingerprint density at radius 1 is 1.33 bits per heavy atom. The Morgan fingerprint density at radius 2 is 2.10 bits per heavy atom. The van der Waals surface area contributed by atoms with E-state index in [2.05, 4.69) is 37.4 Å². The van der Waals surface area contributed by atoms with E-state index in [0.717, 1.165) is 18.7 Å². The molecule has 1 aliphatic rings. The first-order valence-corrected chi connectivity index (χ1v) is 11.3. The topological polar surface area (TPSA) is 123 Å². The third-order valence-electron chi connectivity index (χ3n) is 5.13. The summed E-state index contributed by atoms with van der Waals surface area (Å²) in [6.45, 7) is 7.84. The van der Waals surface area contributed by atoms with Gasteiger partial charge in [-0.3, -0.25) is 4.79 Å². The lowest BCUT2D eigenvalue weighted by Gasteiger charge is -2.39.